The zero-order valence-corrected chi connectivity index (χ0v) is 69.7. The highest BCUT2D eigenvalue weighted by Crippen LogP contribution is 2.59. The maximum Gasteiger partial charge on any atom is 0.530 e. The molecule has 10 aromatic rings. The Kier molecular flexibility index (Phi) is 30.8. The van der Waals surface area contributed by atoms with E-state index >= 15 is 28.1 Å². The van der Waals surface area contributed by atoms with Crippen molar-refractivity contribution in [2.24, 2.45) is 0 Å². The van der Waals surface area contributed by atoms with Gasteiger partial charge in [0.25, 0.3) is 0 Å². The predicted octanol–water partition coefficient (Wildman–Crippen LogP) is 15.9. The summed E-state index contributed by atoms with van der Waals surface area (Å²) in [6, 6.07) is 76.6. The lowest BCUT2D eigenvalue weighted by molar-refractivity contribution is -0.281. The number of ether oxygens (including phenoxy) is 12. The van der Waals surface area contributed by atoms with Crippen molar-refractivity contribution in [1.82, 2.24) is 0 Å². The molecular weight excluding hydrogens is 1720 g/mol. The number of carbonyl (C=O) groups is 6. The Bertz CT molecular complexity index is 5490. The number of carbonyl (C=O) groups excluding carboxylic acids is 6. The smallest absolute Gasteiger partial charge is 0.461 e. The van der Waals surface area contributed by atoms with Gasteiger partial charge in [-0.2, -0.15) is 10.5 Å². The Labute approximate surface area is 726 Å². The minimum atomic E-state index is -6.01. The molecule has 18 atom stereocenters. The molecule has 36 heteroatoms. The number of nitriles is 2. The van der Waals surface area contributed by atoms with Gasteiger partial charge in [0.1, 0.15) is 59.6 Å². The van der Waals surface area contributed by atoms with Crippen LogP contribution in [0.1, 0.15) is 75.0 Å². The topological polar surface area (TPSA) is 395 Å². The van der Waals surface area contributed by atoms with Gasteiger partial charge in [-0.15, -0.1) is 0 Å². The van der Waals surface area contributed by atoms with Crippen LogP contribution in [-0.2, 0) is 92.5 Å². The molecule has 0 bridgehead atoms. The molecule has 0 aromatic heterocycles. The van der Waals surface area contributed by atoms with E-state index in [0.717, 1.165) is 0 Å². The highest BCUT2D eigenvalue weighted by molar-refractivity contribution is 7.49. The molecule has 32 nitrogen and oxygen atoms in total. The lowest BCUT2D eigenvalue weighted by atomic mass is 9.98. The van der Waals surface area contributed by atoms with Crippen molar-refractivity contribution in [3.8, 4) is 35.1 Å². The van der Waals surface area contributed by atoms with Gasteiger partial charge in [0.15, 0.2) is 18.3 Å². The Morgan fingerprint density at radius 1 is 0.317 bits per heavy atom. The maximum atomic E-state index is 17.3. The molecule has 0 spiro atoms. The summed E-state index contributed by atoms with van der Waals surface area (Å²) in [7, 11) is -17.8. The van der Waals surface area contributed by atoms with Crippen LogP contribution in [0.25, 0.3) is 0 Å². The number of phosphoric ester groups is 3. The molecule has 3 unspecified atom stereocenters. The van der Waals surface area contributed by atoms with Crippen molar-refractivity contribution in [2.75, 3.05) is 33.0 Å². The van der Waals surface area contributed by atoms with Gasteiger partial charge >= 0.3 is 59.3 Å². The summed E-state index contributed by atoms with van der Waals surface area (Å²) in [6.07, 6.45) is -34.4. The fraction of sp³-hybridized carbons (Fsp3) is 0.244. The van der Waals surface area contributed by atoms with E-state index < -0.39 is 203 Å². The largest absolute Gasteiger partial charge is 0.530 e. The molecule has 4 saturated heterocycles. The first kappa shape index (κ1) is 90.0. The predicted molar refractivity (Wildman–Crippen MR) is 441 cm³/mol. The molecule has 0 amide bonds. The Morgan fingerprint density at radius 3 is 0.810 bits per heavy atom. The van der Waals surface area contributed by atoms with Crippen LogP contribution in [0, 0.1) is 22.7 Å². The SMILES string of the molecule is N#CCCOP1(=O)OC[C@H]2O[C@@H](Oc3ccccc3)[C@H](OC(=O)c3ccccc3)[C@@H](OC(=O)c3ccccc3)[C@@H]2OP(=O)(Oc2ccccc2Cl)OC[C@H]2O[C@@H](Oc3ccccc3)[C@H](OC(=O)c3ccccc3)[C@@H](OC(=O)c3ccccc3)[C@@H]2OP(=O)(OCCC#N)OC[C@H]2O[C@@H](Oc3ccccc3)[C@H](OC(=O)c3ccccc3)[C@@H](OC(=O)c3ccccc3)[C@@H]2O1. The molecule has 14 rings (SSSR count). The molecule has 4 aliphatic rings. The molecule has 126 heavy (non-hydrogen) atoms. The van der Waals surface area contributed by atoms with Crippen molar-refractivity contribution in [1.29, 1.82) is 10.5 Å². The van der Waals surface area contributed by atoms with Crippen molar-refractivity contribution >= 4 is 70.9 Å². The first-order valence-corrected chi connectivity index (χ1v) is 44.0. The fourth-order valence-corrected chi connectivity index (χ4v) is 17.7. The first-order chi connectivity index (χ1) is 61.3. The minimum absolute atomic E-state index is 0.00344. The van der Waals surface area contributed by atoms with Gasteiger partial charge in [0.05, 0.1) is 96.4 Å². The van der Waals surface area contributed by atoms with Crippen LogP contribution in [0.5, 0.6) is 23.0 Å². The van der Waals surface area contributed by atoms with Gasteiger partial charge in [0, 0.05) is 0 Å². The van der Waals surface area contributed by atoms with Gasteiger partial charge in [-0.25, -0.2) is 42.5 Å². The molecule has 0 saturated carbocycles. The number of esters is 6. The summed E-state index contributed by atoms with van der Waals surface area (Å²) in [4.78, 5) is 90.6. The maximum absolute atomic E-state index is 17.3. The molecule has 4 aliphatic heterocycles. The number of benzene rings is 10. The second kappa shape index (κ2) is 43.1. The molecular formula is C90H78ClN2O30P3. The molecule has 0 aliphatic carbocycles. The second-order valence-electron chi connectivity index (χ2n) is 27.8. The Balaban J connectivity index is 1.02. The van der Waals surface area contributed by atoms with Crippen LogP contribution in [0.3, 0.4) is 0 Å². The molecule has 4 heterocycles. The van der Waals surface area contributed by atoms with E-state index in [1.165, 1.54) is 206 Å². The highest BCUT2D eigenvalue weighted by atomic mass is 35.5. The number of rotatable bonds is 26. The van der Waals surface area contributed by atoms with E-state index in [1.54, 1.807) is 91.0 Å². The Morgan fingerprint density at radius 2 is 0.548 bits per heavy atom. The van der Waals surface area contributed by atoms with Gasteiger partial charge in [0.2, 0.25) is 37.2 Å². The fourth-order valence-electron chi connectivity index (χ4n) is 13.2. The second-order valence-corrected chi connectivity index (χ2v) is 33.0. The van der Waals surface area contributed by atoms with Crippen LogP contribution >= 0.6 is 35.1 Å². The van der Waals surface area contributed by atoms with Crippen molar-refractivity contribution < 1.29 is 140 Å². The first-order valence-electron chi connectivity index (χ1n) is 39.2. The Hall–Kier alpha value is -12.3. The lowest BCUT2D eigenvalue weighted by Crippen LogP contribution is -2.64. The quantitative estimate of drug-likeness (QED) is 0.0210. The average molecular weight is 1800 g/mol. The van der Waals surface area contributed by atoms with E-state index in [1.807, 2.05) is 12.1 Å². The monoisotopic (exact) mass is 1790 g/mol. The number of fused-ring (bicyclic) bond motifs is 3. The molecule has 4 fully saturated rings. The van der Waals surface area contributed by atoms with Gasteiger partial charge in [-0.05, 0) is 121 Å². The number of phosphoric acid groups is 3. The number of hydrogen-bond acceptors (Lipinski definition) is 32. The third-order valence-corrected chi connectivity index (χ3v) is 23.8. The average Bonchev–Trinajstić information content (AvgIpc) is 0.768. The highest BCUT2D eigenvalue weighted by Gasteiger charge is 2.61. The van der Waals surface area contributed by atoms with E-state index in [0.29, 0.717) is 0 Å². The molecule has 0 N–H and O–H groups in total. The standard InChI is InChI=1S/C90H78ClN2O30P3/c91-68-50-28-29-51-69(68)120-126(102)107-58-72-74(77(115-83(95)60-34-12-2-13-35-60)80(118-86(98)63-40-18-5-19-41-63)89(113-72)109-66-46-24-8-25-47-66)122-124(100,103-54-30-52-92)105-56-70-73(76(114-82(94)59-32-10-1-11-33-59)79(117-85(97)62-38-16-4-17-39-62)88(111-70)108-65-44-22-7-23-45-65)121-125(101,104-55-31-53-93)106-57-71-75(123-126)78(116-84(96)61-36-14-3-15-37-61)81(119-87(99)64-42-20-6-21-43-64)90(112-71)110-67-48-26-9-27-49-67/h1-29,32-51,70-81,88-90H,30-31,54-58H2/t70-,71-,72-,73-,74-,75-,76+,77+,78+,79-,80-,81-,88-,89-,90-,124?,125?,126?/m1/s1. The number of nitrogens with zero attached hydrogens (tertiary/aromatic N) is 2. The van der Waals surface area contributed by atoms with Crippen LogP contribution in [0.2, 0.25) is 5.02 Å². The van der Waals surface area contributed by atoms with Crippen LogP contribution in [-0.4, -0.2) is 161 Å². The summed E-state index contributed by atoms with van der Waals surface area (Å²) >= 11 is 6.92. The number of hydrogen-bond donors (Lipinski definition) is 0. The van der Waals surface area contributed by atoms with Gasteiger partial charge < -0.3 is 61.4 Å². The summed E-state index contributed by atoms with van der Waals surface area (Å²) in [5.74, 6) is -7.40. The zero-order chi connectivity index (χ0) is 87.8. The van der Waals surface area contributed by atoms with Crippen LogP contribution in [0.4, 0.5) is 0 Å². The zero-order valence-electron chi connectivity index (χ0n) is 66.3. The number of para-hydroxylation sites is 4. The van der Waals surface area contributed by atoms with Crippen molar-refractivity contribution in [2.45, 2.75) is 105 Å². The van der Waals surface area contributed by atoms with Crippen molar-refractivity contribution in [3.63, 3.8) is 0 Å². The molecule has 0 radical (unpaired) electrons. The van der Waals surface area contributed by atoms with Gasteiger partial charge in [-0.1, -0.05) is 188 Å². The molecule has 10 aromatic carbocycles. The minimum Gasteiger partial charge on any atom is -0.461 e. The van der Waals surface area contributed by atoms with Crippen LogP contribution in [0.15, 0.2) is 297 Å². The lowest BCUT2D eigenvalue weighted by Gasteiger charge is -2.47. The van der Waals surface area contributed by atoms with E-state index in [4.69, 9.17) is 109 Å². The van der Waals surface area contributed by atoms with Crippen molar-refractivity contribution in [3.05, 3.63) is 336 Å². The third kappa shape index (κ3) is 23.6. The normalized spacial score (nSPS) is 26.7. The van der Waals surface area contributed by atoms with Gasteiger partial charge in [-0.3, -0.25) is 36.2 Å². The van der Waals surface area contributed by atoms with E-state index in [2.05, 4.69) is 0 Å². The van der Waals surface area contributed by atoms with E-state index in [9.17, 15) is 24.9 Å². The summed E-state index contributed by atoms with van der Waals surface area (Å²) in [5, 5.41) is 20.2. The third-order valence-electron chi connectivity index (χ3n) is 19.2. The summed E-state index contributed by atoms with van der Waals surface area (Å²) < 4.78 is 188. The summed E-state index contributed by atoms with van der Waals surface area (Å²) in [5.41, 5.74) is -0.740. The van der Waals surface area contributed by atoms with Crippen LogP contribution < -0.4 is 18.7 Å². The molecule has 650 valence electrons. The number of halogens is 1. The van der Waals surface area contributed by atoms with E-state index in [-0.39, 0.29) is 55.7 Å². The summed E-state index contributed by atoms with van der Waals surface area (Å²) in [6.45, 7) is -5.66.